The first kappa shape index (κ1) is 22.6. The van der Waals surface area contributed by atoms with E-state index in [4.69, 9.17) is 35.4 Å². The smallest absolute Gasteiger partial charge is 0.268 e. The summed E-state index contributed by atoms with van der Waals surface area (Å²) in [4.78, 5) is 40.0. The quantitative estimate of drug-likeness (QED) is 0.153. The summed E-state index contributed by atoms with van der Waals surface area (Å²) < 4.78 is 0. The van der Waals surface area contributed by atoms with Gasteiger partial charge in [-0.05, 0) is 48.6 Å². The molecule has 3 aromatic rings. The van der Waals surface area contributed by atoms with Crippen molar-refractivity contribution in [3.8, 4) is 0 Å². The Hall–Kier alpha value is -3.59. The lowest BCUT2D eigenvalue weighted by Gasteiger charge is -2.36. The second kappa shape index (κ2) is 9.11. The molecule has 0 aliphatic carbocycles. The maximum Gasteiger partial charge on any atom is 0.288 e. The largest absolute Gasteiger partial charge is 0.288 e. The molecule has 10 heteroatoms. The second-order valence-electron chi connectivity index (χ2n) is 6.88. The van der Waals surface area contributed by atoms with Gasteiger partial charge in [-0.1, -0.05) is 59.6 Å². The molecule has 0 spiro atoms. The van der Waals surface area contributed by atoms with E-state index >= 15 is 0 Å². The summed E-state index contributed by atoms with van der Waals surface area (Å²) in [7, 11) is 0. The van der Waals surface area contributed by atoms with E-state index in [0.29, 0.717) is 11.4 Å². The Morgan fingerprint density at radius 3 is 1.76 bits per heavy atom. The summed E-state index contributed by atoms with van der Waals surface area (Å²) in [6, 6.07) is 19.5. The molecule has 2 amide bonds. The summed E-state index contributed by atoms with van der Waals surface area (Å²) in [6.45, 7) is 0. The highest BCUT2D eigenvalue weighted by atomic mass is 35.5. The van der Waals surface area contributed by atoms with Crippen LogP contribution in [-0.2, 0) is 9.59 Å². The molecule has 0 atom stereocenters. The van der Waals surface area contributed by atoms with Gasteiger partial charge in [-0.3, -0.25) is 29.5 Å². The molecule has 0 N–H and O–H groups in total. The second-order valence-corrected chi connectivity index (χ2v) is 8.05. The van der Waals surface area contributed by atoms with Gasteiger partial charge in [0.05, 0.1) is 16.3 Å². The molecule has 0 saturated carbocycles. The van der Waals surface area contributed by atoms with Gasteiger partial charge in [-0.2, -0.15) is 0 Å². The number of carbonyl (C=O) groups excluding carboxylic acids is 2. The van der Waals surface area contributed by atoms with Gasteiger partial charge in [0, 0.05) is 16.7 Å². The summed E-state index contributed by atoms with van der Waals surface area (Å²) >= 11 is 17.7. The van der Waals surface area contributed by atoms with Gasteiger partial charge in [-0.25, -0.2) is 0 Å². The van der Waals surface area contributed by atoms with Crippen LogP contribution in [-0.4, -0.2) is 21.9 Å². The molecule has 1 heterocycles. The number of nitrogens with zero attached hydrogens (tertiary/aromatic N) is 3. The molecular formula is C23H13Cl2N3O4S. The highest BCUT2D eigenvalue weighted by Gasteiger charge is 2.41. The van der Waals surface area contributed by atoms with Crippen molar-refractivity contribution in [2.24, 2.45) is 0 Å². The van der Waals surface area contributed by atoms with Gasteiger partial charge >= 0.3 is 0 Å². The number of benzene rings is 3. The highest BCUT2D eigenvalue weighted by Crippen LogP contribution is 2.34. The van der Waals surface area contributed by atoms with Crippen LogP contribution >= 0.6 is 35.4 Å². The number of carbonyl (C=O) groups is 2. The minimum absolute atomic E-state index is 0.0206. The topological polar surface area (TPSA) is 83.8 Å². The van der Waals surface area contributed by atoms with E-state index in [2.05, 4.69) is 0 Å². The van der Waals surface area contributed by atoms with Crippen LogP contribution in [0.2, 0.25) is 10.0 Å². The third kappa shape index (κ3) is 4.23. The van der Waals surface area contributed by atoms with Crippen molar-refractivity contribution < 1.29 is 14.5 Å². The molecule has 0 radical (unpaired) electrons. The lowest BCUT2D eigenvalue weighted by molar-refractivity contribution is -0.384. The van der Waals surface area contributed by atoms with Gasteiger partial charge in [0.25, 0.3) is 17.5 Å². The maximum atomic E-state index is 13.4. The number of para-hydroxylation sites is 2. The first-order chi connectivity index (χ1) is 15.8. The van der Waals surface area contributed by atoms with Gasteiger partial charge < -0.3 is 0 Å². The fourth-order valence-electron chi connectivity index (χ4n) is 3.30. The number of anilines is 2. The third-order valence-corrected chi connectivity index (χ3v) is 5.84. The van der Waals surface area contributed by atoms with Gasteiger partial charge in [-0.15, -0.1) is 0 Å². The molecule has 0 unspecified atom stereocenters. The number of nitro benzene ring substituents is 1. The highest BCUT2D eigenvalue weighted by molar-refractivity contribution is 7.81. The van der Waals surface area contributed by atoms with Crippen LogP contribution in [0.25, 0.3) is 6.08 Å². The number of rotatable bonds is 4. The van der Waals surface area contributed by atoms with E-state index in [9.17, 15) is 19.7 Å². The van der Waals surface area contributed by atoms with Crippen LogP contribution in [0.4, 0.5) is 17.1 Å². The predicted octanol–water partition coefficient (Wildman–Crippen LogP) is 5.65. The van der Waals surface area contributed by atoms with Gasteiger partial charge in [0.15, 0.2) is 5.11 Å². The van der Waals surface area contributed by atoms with E-state index < -0.39 is 22.4 Å². The van der Waals surface area contributed by atoms with Crippen molar-refractivity contribution >= 4 is 75.5 Å². The summed E-state index contributed by atoms with van der Waals surface area (Å²) in [5, 5.41) is 11.2. The van der Waals surface area contributed by atoms with E-state index in [1.807, 2.05) is 0 Å². The van der Waals surface area contributed by atoms with E-state index in [-0.39, 0.29) is 26.3 Å². The first-order valence-electron chi connectivity index (χ1n) is 9.47. The summed E-state index contributed by atoms with van der Waals surface area (Å²) in [6.07, 6.45) is 1.21. The Bertz CT molecular complexity index is 1270. The maximum absolute atomic E-state index is 13.4. The van der Waals surface area contributed by atoms with Crippen LogP contribution in [0.5, 0.6) is 0 Å². The lowest BCUT2D eigenvalue weighted by Crippen LogP contribution is -2.56. The van der Waals surface area contributed by atoms with Crippen molar-refractivity contribution in [1.29, 1.82) is 0 Å². The Labute approximate surface area is 203 Å². The number of amides is 2. The molecule has 0 aromatic heterocycles. The molecule has 164 valence electrons. The fourth-order valence-corrected chi connectivity index (χ4v) is 4.18. The van der Waals surface area contributed by atoms with Crippen molar-refractivity contribution in [2.75, 3.05) is 9.80 Å². The number of halogens is 2. The lowest BCUT2D eigenvalue weighted by atomic mass is 10.0. The minimum Gasteiger partial charge on any atom is -0.268 e. The minimum atomic E-state index is -0.683. The van der Waals surface area contributed by atoms with Crippen molar-refractivity contribution in [1.82, 2.24) is 0 Å². The zero-order valence-electron chi connectivity index (χ0n) is 16.6. The third-order valence-electron chi connectivity index (χ3n) is 4.84. The number of hydrogen-bond acceptors (Lipinski definition) is 5. The molecular weight excluding hydrogens is 485 g/mol. The molecule has 1 fully saturated rings. The number of thiocarbonyl (C=S) groups is 1. The van der Waals surface area contributed by atoms with Crippen molar-refractivity contribution in [3.63, 3.8) is 0 Å². The zero-order valence-corrected chi connectivity index (χ0v) is 19.0. The fraction of sp³-hybridized carbons (Fsp3) is 0. The molecule has 33 heavy (non-hydrogen) atoms. The van der Waals surface area contributed by atoms with Crippen molar-refractivity contribution in [3.05, 3.63) is 104 Å². The SMILES string of the molecule is O=C1C(=Cc2cc([N+](=O)[O-])c(Cl)cc2Cl)C(=O)N(c2ccccc2)C(=S)N1c1ccccc1. The normalized spacial score (nSPS) is 14.0. The van der Waals surface area contributed by atoms with E-state index in [1.54, 1.807) is 60.7 Å². The van der Waals surface area contributed by atoms with Crippen LogP contribution in [0.3, 0.4) is 0 Å². The summed E-state index contributed by atoms with van der Waals surface area (Å²) in [5.74, 6) is -1.37. The monoisotopic (exact) mass is 497 g/mol. The molecule has 0 bridgehead atoms. The van der Waals surface area contributed by atoms with Gasteiger partial charge in [0.2, 0.25) is 0 Å². The van der Waals surface area contributed by atoms with Crippen molar-refractivity contribution in [2.45, 2.75) is 0 Å². The molecule has 4 rings (SSSR count). The first-order valence-corrected chi connectivity index (χ1v) is 10.6. The van der Waals surface area contributed by atoms with Crippen LogP contribution in [0.1, 0.15) is 5.56 Å². The standard InChI is InChI=1S/C23H13Cl2N3O4S/c24-18-13-19(25)20(28(31)32)12-14(18)11-17-21(29)26(15-7-3-1-4-8-15)23(33)27(22(17)30)16-9-5-2-6-10-16/h1-13H. The average molecular weight is 498 g/mol. The Morgan fingerprint density at radius 1 is 0.818 bits per heavy atom. The predicted molar refractivity (Wildman–Crippen MR) is 132 cm³/mol. The molecule has 3 aromatic carbocycles. The molecule has 1 saturated heterocycles. The Kier molecular flexibility index (Phi) is 6.24. The van der Waals surface area contributed by atoms with E-state index in [0.717, 1.165) is 6.07 Å². The van der Waals surface area contributed by atoms with Gasteiger partial charge in [0.1, 0.15) is 10.6 Å². The van der Waals surface area contributed by atoms with Crippen LogP contribution in [0, 0.1) is 10.1 Å². The zero-order chi connectivity index (χ0) is 23.7. The molecule has 7 nitrogen and oxygen atoms in total. The number of nitro groups is 1. The Balaban J connectivity index is 1.91. The summed E-state index contributed by atoms with van der Waals surface area (Å²) in [5.41, 5.74) is 0.340. The van der Waals surface area contributed by atoms with Crippen LogP contribution < -0.4 is 9.80 Å². The molecule has 1 aliphatic heterocycles. The average Bonchev–Trinajstić information content (AvgIpc) is 2.79. The van der Waals surface area contributed by atoms with Crippen LogP contribution in [0.15, 0.2) is 78.4 Å². The number of hydrogen-bond donors (Lipinski definition) is 0. The van der Waals surface area contributed by atoms with E-state index in [1.165, 1.54) is 21.9 Å². The molecule has 1 aliphatic rings. The Morgan fingerprint density at radius 2 is 1.30 bits per heavy atom.